The molecule has 5 aliphatic rings. The Morgan fingerprint density at radius 2 is 1.18 bits per heavy atom. The van der Waals surface area contributed by atoms with E-state index in [2.05, 4.69) is 131 Å². The lowest BCUT2D eigenvalue weighted by Gasteiger charge is -2.05. The average Bonchev–Trinajstić information content (AvgIpc) is 3.68. The average molecular weight is 588 g/mol. The summed E-state index contributed by atoms with van der Waals surface area (Å²) in [6, 6.07) is 22.1. The van der Waals surface area contributed by atoms with Crippen molar-refractivity contribution in [2.75, 3.05) is 0 Å². The van der Waals surface area contributed by atoms with Crippen molar-refractivity contribution in [3.05, 3.63) is 133 Å². The smallest absolute Gasteiger partial charge is 0.0694 e. The maximum absolute atomic E-state index is 5.27. The maximum atomic E-state index is 5.27. The number of aromatic amines is 1. The normalized spacial score (nSPS) is 16.0. The van der Waals surface area contributed by atoms with Crippen molar-refractivity contribution in [1.82, 2.24) is 4.98 Å². The highest BCUT2D eigenvalue weighted by atomic mass is 14.8. The molecule has 0 radical (unpaired) electrons. The molecule has 3 nitrogen and oxygen atoms in total. The monoisotopic (exact) mass is 587 g/mol. The third kappa shape index (κ3) is 4.91. The van der Waals surface area contributed by atoms with Gasteiger partial charge in [-0.1, -0.05) is 82.3 Å². The van der Waals surface area contributed by atoms with Crippen molar-refractivity contribution in [2.45, 2.75) is 67.2 Å². The number of H-pyrrole nitrogens is 1. The molecule has 0 unspecified atom stereocenters. The second-order valence-electron chi connectivity index (χ2n) is 12.2. The van der Waals surface area contributed by atoms with Gasteiger partial charge in [0, 0.05) is 10.7 Å². The molecule has 2 aliphatic carbocycles. The van der Waals surface area contributed by atoms with Gasteiger partial charge in [0.2, 0.25) is 0 Å². The molecule has 4 heterocycles. The number of hydrogen-bond donors (Lipinski definition) is 1. The number of fused-ring (bicyclic) bond motifs is 9. The summed E-state index contributed by atoms with van der Waals surface area (Å²) in [7, 11) is 0. The highest BCUT2D eigenvalue weighted by Crippen LogP contribution is 2.39. The predicted molar refractivity (Wildman–Crippen MR) is 192 cm³/mol. The molecule has 0 fully saturated rings. The molecule has 0 spiro atoms. The zero-order valence-electron chi connectivity index (χ0n) is 27.3. The first-order valence-corrected chi connectivity index (χ1v) is 16.5. The van der Waals surface area contributed by atoms with Crippen LogP contribution < -0.4 is 10.7 Å². The van der Waals surface area contributed by atoms with Crippen LogP contribution >= 0.6 is 0 Å². The van der Waals surface area contributed by atoms with Crippen LogP contribution in [0.1, 0.15) is 76.1 Å². The Balaban J connectivity index is 1.56. The molecule has 1 aromatic carbocycles. The molecule has 45 heavy (non-hydrogen) atoms. The third-order valence-electron chi connectivity index (χ3n) is 9.81. The lowest BCUT2D eigenvalue weighted by molar-refractivity contribution is 1.05. The first kappa shape index (κ1) is 29.0. The van der Waals surface area contributed by atoms with Gasteiger partial charge in [-0.15, -0.1) is 0 Å². The van der Waals surface area contributed by atoms with Crippen molar-refractivity contribution in [3.8, 4) is 22.3 Å². The third-order valence-corrected chi connectivity index (χ3v) is 9.81. The molecule has 1 aromatic heterocycles. The summed E-state index contributed by atoms with van der Waals surface area (Å²) >= 11 is 0. The van der Waals surface area contributed by atoms with Crippen LogP contribution in [0.5, 0.6) is 0 Å². The van der Waals surface area contributed by atoms with E-state index >= 15 is 0 Å². The van der Waals surface area contributed by atoms with Gasteiger partial charge < -0.3 is 4.98 Å². The molecule has 8 bridgehead atoms. The fourth-order valence-corrected chi connectivity index (χ4v) is 7.38. The number of rotatable bonds is 5. The Morgan fingerprint density at radius 3 is 1.84 bits per heavy atom. The van der Waals surface area contributed by atoms with E-state index in [1.807, 2.05) is 0 Å². The van der Waals surface area contributed by atoms with Crippen molar-refractivity contribution in [2.24, 2.45) is 9.98 Å². The summed E-state index contributed by atoms with van der Waals surface area (Å²) < 4.78 is 0. The Bertz CT molecular complexity index is 2140. The van der Waals surface area contributed by atoms with Crippen LogP contribution in [0.15, 0.2) is 110 Å². The highest BCUT2D eigenvalue weighted by Gasteiger charge is 2.25. The molecule has 0 saturated heterocycles. The summed E-state index contributed by atoms with van der Waals surface area (Å²) in [6.07, 6.45) is 12.9. The molecule has 0 atom stereocenters. The molecule has 1 N–H and O–H groups in total. The quantitative estimate of drug-likeness (QED) is 0.242. The number of nitrogens with one attached hydrogen (secondary N) is 1. The minimum atomic E-state index is 0.931. The van der Waals surface area contributed by atoms with Gasteiger partial charge >= 0.3 is 0 Å². The lowest BCUT2D eigenvalue weighted by atomic mass is 9.97. The molecule has 224 valence electrons. The van der Waals surface area contributed by atoms with E-state index in [1.165, 1.54) is 72.1 Å². The first-order valence-electron chi connectivity index (χ1n) is 16.5. The summed E-state index contributed by atoms with van der Waals surface area (Å²) in [5.74, 6) is 0. The van der Waals surface area contributed by atoms with Crippen molar-refractivity contribution in [3.63, 3.8) is 0 Å². The fourth-order valence-electron chi connectivity index (χ4n) is 7.38. The number of aromatic nitrogens is 1. The second kappa shape index (κ2) is 11.6. The summed E-state index contributed by atoms with van der Waals surface area (Å²) in [6.45, 7) is 13.4. The van der Waals surface area contributed by atoms with E-state index in [4.69, 9.17) is 9.98 Å². The zero-order chi connectivity index (χ0) is 31.2. The Kier molecular flexibility index (Phi) is 7.49. The largest absolute Gasteiger partial charge is 0.355 e. The van der Waals surface area contributed by atoms with Gasteiger partial charge in [0.1, 0.15) is 0 Å². The van der Waals surface area contributed by atoms with Gasteiger partial charge in [0.05, 0.1) is 22.8 Å². The van der Waals surface area contributed by atoms with Crippen molar-refractivity contribution in [1.29, 1.82) is 0 Å². The number of allylic oxidation sites excluding steroid dienone is 5. The van der Waals surface area contributed by atoms with Gasteiger partial charge in [-0.25, -0.2) is 9.98 Å². The summed E-state index contributed by atoms with van der Waals surface area (Å²) in [4.78, 5) is 14.3. The SMILES string of the molecule is CCC1=C(C)C2=NC1=Cc1cc(c3ccc(-c4ccccc4)ccc1-3)C=c1[nH]c(c(C)c1CC)=CC1=NC(=C2)C(CC)=C1CC. The zero-order valence-corrected chi connectivity index (χ0v) is 27.3. The van der Waals surface area contributed by atoms with Crippen LogP contribution in [0.25, 0.3) is 40.5 Å². The van der Waals surface area contributed by atoms with E-state index < -0.39 is 0 Å². The topological polar surface area (TPSA) is 40.5 Å². The van der Waals surface area contributed by atoms with E-state index in [9.17, 15) is 0 Å². The molecular formula is C42H41N3. The number of hydrogen-bond acceptors (Lipinski definition) is 2. The molecule has 3 aliphatic heterocycles. The minimum Gasteiger partial charge on any atom is -0.355 e. The molecule has 7 rings (SSSR count). The summed E-state index contributed by atoms with van der Waals surface area (Å²) in [5, 5.41) is 2.32. The van der Waals surface area contributed by atoms with Crippen molar-refractivity contribution >= 4 is 29.7 Å². The highest BCUT2D eigenvalue weighted by molar-refractivity contribution is 6.24. The summed E-state index contributed by atoms with van der Waals surface area (Å²) in [5.41, 5.74) is 19.4. The molecule has 0 amide bonds. The first-order chi connectivity index (χ1) is 21.9. The Labute approximate surface area is 266 Å². The molecule has 3 heteroatoms. The van der Waals surface area contributed by atoms with Crippen LogP contribution in [0.4, 0.5) is 0 Å². The van der Waals surface area contributed by atoms with Crippen LogP contribution in [0.2, 0.25) is 0 Å². The lowest BCUT2D eigenvalue weighted by Crippen LogP contribution is -2.14. The van der Waals surface area contributed by atoms with Gasteiger partial charge in [-0.2, -0.15) is 0 Å². The van der Waals surface area contributed by atoms with E-state index in [0.717, 1.165) is 53.8 Å². The van der Waals surface area contributed by atoms with Gasteiger partial charge in [0.15, 0.2) is 0 Å². The number of benzene rings is 1. The Hall–Kier alpha value is -4.76. The van der Waals surface area contributed by atoms with Crippen LogP contribution in [0.3, 0.4) is 0 Å². The molecular weight excluding hydrogens is 546 g/mol. The standard InChI is InChI=1S/C42H41N3/c1-7-31-25(5)37-23-41-33(9-3)34(10-4)42(45-41)24-38-26(6)32(8-2)40(44-38)22-30-20-29(21-39(31)43-37)35-18-16-28(17-19-36(30)35)27-14-12-11-13-15-27/h11-24,43H,7-10H2,1-6H3. The van der Waals surface area contributed by atoms with E-state index in [1.54, 1.807) is 0 Å². The van der Waals surface area contributed by atoms with E-state index in [0.29, 0.717) is 0 Å². The van der Waals surface area contributed by atoms with Crippen LogP contribution in [0, 0.1) is 6.92 Å². The second-order valence-corrected chi connectivity index (χ2v) is 12.2. The van der Waals surface area contributed by atoms with Crippen LogP contribution in [-0.2, 0) is 6.42 Å². The van der Waals surface area contributed by atoms with Gasteiger partial charge in [-0.05, 0) is 137 Å². The fraction of sp³-hybridized carbons (Fsp3) is 0.238. The number of aliphatic imine (C=N–C) groups is 2. The predicted octanol–water partition coefficient (Wildman–Crippen LogP) is 9.26. The van der Waals surface area contributed by atoms with Gasteiger partial charge in [0.25, 0.3) is 0 Å². The molecule has 0 saturated carbocycles. The number of nitrogens with zero attached hydrogens (tertiary/aromatic N) is 2. The maximum Gasteiger partial charge on any atom is 0.0694 e. The van der Waals surface area contributed by atoms with E-state index in [-0.39, 0.29) is 0 Å². The van der Waals surface area contributed by atoms with Crippen LogP contribution in [-0.4, -0.2) is 16.4 Å². The van der Waals surface area contributed by atoms with Gasteiger partial charge in [-0.3, -0.25) is 0 Å². The molecule has 2 aromatic rings. The Morgan fingerprint density at radius 1 is 0.556 bits per heavy atom. The minimum absolute atomic E-state index is 0.931. The van der Waals surface area contributed by atoms with Crippen molar-refractivity contribution < 1.29 is 0 Å².